The number of aliphatic hydroxyl groups is 1. The minimum Gasteiger partial charge on any atom is -0.389 e. The van der Waals surface area contributed by atoms with Crippen LogP contribution in [0.4, 0.5) is 0 Å². The summed E-state index contributed by atoms with van der Waals surface area (Å²) in [6.07, 6.45) is 9.93. The molecule has 0 radical (unpaired) electrons. The number of hydrogen-bond acceptors (Lipinski definition) is 2. The minimum absolute atomic E-state index is 0.438. The van der Waals surface area contributed by atoms with Crippen molar-refractivity contribution in [3.8, 4) is 0 Å². The molecule has 0 heterocycles. The van der Waals surface area contributed by atoms with Gasteiger partial charge in [-0.3, -0.25) is 4.79 Å². The molecule has 0 amide bonds. The number of allylic oxidation sites excluding steroid dienone is 1. The van der Waals surface area contributed by atoms with E-state index in [4.69, 9.17) is 0 Å². The molecule has 1 atom stereocenters. The molecule has 1 N–H and O–H groups in total. The Kier molecular flexibility index (Phi) is 9.00. The number of rotatable bonds is 8. The predicted molar refractivity (Wildman–Crippen MR) is 54.6 cm³/mol. The topological polar surface area (TPSA) is 37.3 Å². The molecular formula is C11H20O2. The average Bonchev–Trinajstić information content (AvgIpc) is 2.14. The molecule has 2 nitrogen and oxygen atoms in total. The molecule has 13 heavy (non-hydrogen) atoms. The lowest BCUT2D eigenvalue weighted by atomic mass is 10.1. The van der Waals surface area contributed by atoms with Gasteiger partial charge in [0.2, 0.25) is 0 Å². The summed E-state index contributed by atoms with van der Waals surface area (Å²) in [6, 6.07) is 0. The Hall–Kier alpha value is -0.630. The number of hydrogen-bond donors (Lipinski definition) is 1. The Labute approximate surface area is 80.7 Å². The van der Waals surface area contributed by atoms with Crippen molar-refractivity contribution in [2.45, 2.75) is 51.6 Å². The van der Waals surface area contributed by atoms with Crippen LogP contribution in [-0.2, 0) is 4.79 Å². The van der Waals surface area contributed by atoms with Crippen LogP contribution < -0.4 is 0 Å². The number of unbranched alkanes of at least 4 members (excludes halogenated alkanes) is 4. The van der Waals surface area contributed by atoms with Gasteiger partial charge in [0, 0.05) is 0 Å². The summed E-state index contributed by atoms with van der Waals surface area (Å²) in [7, 11) is 0. The lowest BCUT2D eigenvalue weighted by Gasteiger charge is -2.03. The SMILES string of the molecule is CCCCCCCC(O)C=CC=O. The summed E-state index contributed by atoms with van der Waals surface area (Å²) in [6.45, 7) is 2.18. The van der Waals surface area contributed by atoms with Crippen molar-refractivity contribution >= 4 is 6.29 Å². The van der Waals surface area contributed by atoms with E-state index in [9.17, 15) is 9.90 Å². The fraction of sp³-hybridized carbons (Fsp3) is 0.727. The van der Waals surface area contributed by atoms with E-state index in [1.807, 2.05) is 0 Å². The molecule has 0 bridgehead atoms. The maximum absolute atomic E-state index is 9.93. The van der Waals surface area contributed by atoms with Crippen molar-refractivity contribution in [3.05, 3.63) is 12.2 Å². The molecule has 0 saturated carbocycles. The van der Waals surface area contributed by atoms with Gasteiger partial charge in [-0.05, 0) is 12.5 Å². The second-order valence-corrected chi connectivity index (χ2v) is 3.29. The van der Waals surface area contributed by atoms with Gasteiger partial charge < -0.3 is 5.11 Å². The zero-order chi connectivity index (χ0) is 9.94. The first-order valence-corrected chi connectivity index (χ1v) is 5.11. The Morgan fingerprint density at radius 1 is 1.23 bits per heavy atom. The van der Waals surface area contributed by atoms with Crippen molar-refractivity contribution in [3.63, 3.8) is 0 Å². The molecule has 0 aliphatic heterocycles. The molecule has 0 aliphatic rings. The molecule has 0 fully saturated rings. The Balaban J connectivity index is 3.21. The molecule has 0 saturated heterocycles. The van der Waals surface area contributed by atoms with Crippen LogP contribution in [0.5, 0.6) is 0 Å². The summed E-state index contributed by atoms with van der Waals surface area (Å²) in [5.41, 5.74) is 0. The number of carbonyl (C=O) groups is 1. The van der Waals surface area contributed by atoms with Gasteiger partial charge in [-0.1, -0.05) is 45.1 Å². The van der Waals surface area contributed by atoms with Crippen molar-refractivity contribution in [1.82, 2.24) is 0 Å². The zero-order valence-corrected chi connectivity index (χ0v) is 8.41. The smallest absolute Gasteiger partial charge is 0.142 e. The van der Waals surface area contributed by atoms with E-state index in [0.717, 1.165) is 12.8 Å². The molecule has 0 aromatic carbocycles. The van der Waals surface area contributed by atoms with Gasteiger partial charge in [-0.25, -0.2) is 0 Å². The second-order valence-electron chi connectivity index (χ2n) is 3.29. The maximum atomic E-state index is 9.93. The minimum atomic E-state index is -0.438. The third kappa shape index (κ3) is 9.28. The van der Waals surface area contributed by atoms with Crippen molar-refractivity contribution < 1.29 is 9.90 Å². The molecule has 1 unspecified atom stereocenters. The molecule has 2 heteroatoms. The molecule has 0 aromatic rings. The van der Waals surface area contributed by atoms with Crippen LogP contribution in [0.15, 0.2) is 12.2 Å². The normalized spacial score (nSPS) is 13.4. The van der Waals surface area contributed by atoms with Crippen LogP contribution in [0.25, 0.3) is 0 Å². The monoisotopic (exact) mass is 184 g/mol. The summed E-state index contributed by atoms with van der Waals surface area (Å²) in [5.74, 6) is 0. The van der Waals surface area contributed by atoms with E-state index in [2.05, 4.69) is 6.92 Å². The van der Waals surface area contributed by atoms with Gasteiger partial charge in [0.25, 0.3) is 0 Å². The first kappa shape index (κ1) is 12.4. The van der Waals surface area contributed by atoms with E-state index in [0.29, 0.717) is 6.29 Å². The standard InChI is InChI=1S/C11H20O2/c1-2-3-4-5-6-8-11(13)9-7-10-12/h7,9-11,13H,2-6,8H2,1H3. The summed E-state index contributed by atoms with van der Waals surface area (Å²) in [5, 5.41) is 9.29. The van der Waals surface area contributed by atoms with E-state index < -0.39 is 6.10 Å². The third-order valence-electron chi connectivity index (χ3n) is 2.02. The fourth-order valence-electron chi connectivity index (χ4n) is 1.23. The molecule has 0 spiro atoms. The number of aldehydes is 1. The average molecular weight is 184 g/mol. The maximum Gasteiger partial charge on any atom is 0.142 e. The summed E-state index contributed by atoms with van der Waals surface area (Å²) in [4.78, 5) is 9.93. The quantitative estimate of drug-likeness (QED) is 0.357. The van der Waals surface area contributed by atoms with Gasteiger partial charge in [-0.2, -0.15) is 0 Å². The van der Waals surface area contributed by atoms with Crippen LogP contribution in [0.3, 0.4) is 0 Å². The largest absolute Gasteiger partial charge is 0.389 e. The zero-order valence-electron chi connectivity index (χ0n) is 8.41. The highest BCUT2D eigenvalue weighted by Gasteiger charge is 1.97. The van der Waals surface area contributed by atoms with Gasteiger partial charge >= 0.3 is 0 Å². The Morgan fingerprint density at radius 2 is 1.92 bits per heavy atom. The van der Waals surface area contributed by atoms with Crippen molar-refractivity contribution in [2.75, 3.05) is 0 Å². The highest BCUT2D eigenvalue weighted by atomic mass is 16.3. The van der Waals surface area contributed by atoms with Gasteiger partial charge in [0.15, 0.2) is 0 Å². The lowest BCUT2D eigenvalue weighted by Crippen LogP contribution is -2.01. The van der Waals surface area contributed by atoms with Gasteiger partial charge in [0.1, 0.15) is 6.29 Å². The van der Waals surface area contributed by atoms with Crippen LogP contribution in [-0.4, -0.2) is 17.5 Å². The van der Waals surface area contributed by atoms with E-state index in [-0.39, 0.29) is 0 Å². The highest BCUT2D eigenvalue weighted by Crippen LogP contribution is 2.07. The van der Waals surface area contributed by atoms with Crippen molar-refractivity contribution in [1.29, 1.82) is 0 Å². The van der Waals surface area contributed by atoms with E-state index >= 15 is 0 Å². The Bertz CT molecular complexity index is 141. The van der Waals surface area contributed by atoms with Crippen LogP contribution >= 0.6 is 0 Å². The highest BCUT2D eigenvalue weighted by molar-refractivity contribution is 5.64. The van der Waals surface area contributed by atoms with E-state index in [1.54, 1.807) is 6.08 Å². The first-order valence-electron chi connectivity index (χ1n) is 5.11. The van der Waals surface area contributed by atoms with Gasteiger partial charge in [-0.15, -0.1) is 0 Å². The summed E-state index contributed by atoms with van der Waals surface area (Å²) >= 11 is 0. The predicted octanol–water partition coefficient (Wildman–Crippen LogP) is 2.46. The second kappa shape index (κ2) is 9.46. The molecule has 0 rings (SSSR count). The number of aliphatic hydroxyl groups excluding tert-OH is 1. The molecule has 76 valence electrons. The van der Waals surface area contributed by atoms with Crippen LogP contribution in [0, 0.1) is 0 Å². The first-order chi connectivity index (χ1) is 6.31. The molecular weight excluding hydrogens is 164 g/mol. The van der Waals surface area contributed by atoms with Crippen LogP contribution in [0.2, 0.25) is 0 Å². The van der Waals surface area contributed by atoms with E-state index in [1.165, 1.54) is 31.8 Å². The lowest BCUT2D eigenvalue weighted by molar-refractivity contribution is -0.104. The van der Waals surface area contributed by atoms with Gasteiger partial charge in [0.05, 0.1) is 6.10 Å². The van der Waals surface area contributed by atoms with Crippen LogP contribution in [0.1, 0.15) is 45.4 Å². The molecule has 0 aromatic heterocycles. The molecule has 0 aliphatic carbocycles. The number of carbonyl (C=O) groups excluding carboxylic acids is 1. The summed E-state index contributed by atoms with van der Waals surface area (Å²) < 4.78 is 0. The Morgan fingerprint density at radius 3 is 2.54 bits per heavy atom. The third-order valence-corrected chi connectivity index (χ3v) is 2.02. The van der Waals surface area contributed by atoms with Crippen molar-refractivity contribution in [2.24, 2.45) is 0 Å². The fourth-order valence-corrected chi connectivity index (χ4v) is 1.23.